The van der Waals surface area contributed by atoms with Crippen LogP contribution < -0.4 is 5.32 Å². The second-order valence-corrected chi connectivity index (χ2v) is 10.4. The van der Waals surface area contributed by atoms with Crippen molar-refractivity contribution in [1.82, 2.24) is 10.2 Å². The molecule has 5 heteroatoms. The van der Waals surface area contributed by atoms with E-state index in [0.717, 1.165) is 29.5 Å². The van der Waals surface area contributed by atoms with E-state index in [-0.39, 0.29) is 11.3 Å². The molecular weight excluding hydrogens is 436 g/mol. The molecule has 1 spiro atoms. The average molecular weight is 465 g/mol. The van der Waals surface area contributed by atoms with Crippen LogP contribution in [0.25, 0.3) is 16.2 Å². The number of hydrogen-bond donors (Lipinski definition) is 1. The van der Waals surface area contributed by atoms with Crippen LogP contribution in [0, 0.1) is 0 Å². The van der Waals surface area contributed by atoms with Crippen molar-refractivity contribution in [1.29, 1.82) is 0 Å². The maximum atomic E-state index is 12.5. The van der Waals surface area contributed by atoms with E-state index >= 15 is 0 Å². The number of hydrogen-bond acceptors (Lipinski definition) is 3. The predicted octanol–water partition coefficient (Wildman–Crippen LogP) is 6.52. The minimum Gasteiger partial charge on any atom is -0.351 e. The number of likely N-dealkylation sites (tertiary alicyclic amines) is 1. The summed E-state index contributed by atoms with van der Waals surface area (Å²) >= 11 is 7.88. The van der Waals surface area contributed by atoms with Crippen LogP contribution in [0.4, 0.5) is 0 Å². The van der Waals surface area contributed by atoms with Crippen molar-refractivity contribution >= 4 is 45.0 Å². The summed E-state index contributed by atoms with van der Waals surface area (Å²) in [6.45, 7) is 4.19. The first-order chi connectivity index (χ1) is 15.7. The van der Waals surface area contributed by atoms with Crippen molar-refractivity contribution in [3.8, 4) is 0 Å². The summed E-state index contributed by atoms with van der Waals surface area (Å²) in [6.07, 6.45) is 10.5. The highest BCUT2D eigenvalue weighted by Crippen LogP contribution is 2.43. The molecule has 0 unspecified atom stereocenters. The number of nitrogens with zero attached hydrogens (tertiary/aromatic N) is 1. The lowest BCUT2D eigenvalue weighted by Crippen LogP contribution is -2.41. The Morgan fingerprint density at radius 1 is 1.03 bits per heavy atom. The summed E-state index contributed by atoms with van der Waals surface area (Å²) in [6, 6.07) is 16.8. The van der Waals surface area contributed by atoms with Crippen LogP contribution in [0.1, 0.15) is 52.9 Å². The van der Waals surface area contributed by atoms with E-state index in [1.165, 1.54) is 54.8 Å². The minimum absolute atomic E-state index is 0.0533. The van der Waals surface area contributed by atoms with Crippen molar-refractivity contribution in [2.75, 3.05) is 26.2 Å². The Balaban J connectivity index is 1.02. The summed E-state index contributed by atoms with van der Waals surface area (Å²) in [7, 11) is 0. The Bertz CT molecular complexity index is 1140. The zero-order valence-electron chi connectivity index (χ0n) is 18.3. The van der Waals surface area contributed by atoms with E-state index in [9.17, 15) is 4.79 Å². The van der Waals surface area contributed by atoms with Crippen molar-refractivity contribution in [2.45, 2.75) is 37.5 Å². The lowest BCUT2D eigenvalue weighted by atomic mass is 9.74. The predicted molar refractivity (Wildman–Crippen MR) is 136 cm³/mol. The number of rotatable bonds is 7. The molecule has 0 saturated carbocycles. The van der Waals surface area contributed by atoms with Crippen molar-refractivity contribution in [2.24, 2.45) is 0 Å². The number of amides is 1. The van der Waals surface area contributed by atoms with Gasteiger partial charge < -0.3 is 10.2 Å². The molecule has 1 aliphatic carbocycles. The molecule has 1 saturated heterocycles. The molecule has 1 fully saturated rings. The summed E-state index contributed by atoms with van der Waals surface area (Å²) in [5, 5.41) is 4.58. The van der Waals surface area contributed by atoms with E-state index in [2.05, 4.69) is 46.6 Å². The molecule has 0 radical (unpaired) electrons. The van der Waals surface area contributed by atoms with Crippen LogP contribution in [-0.4, -0.2) is 37.0 Å². The molecule has 1 N–H and O–H groups in total. The summed E-state index contributed by atoms with van der Waals surface area (Å²) in [5.74, 6) is -0.0533. The zero-order chi connectivity index (χ0) is 22.0. The molecule has 32 heavy (non-hydrogen) atoms. The molecule has 166 valence electrons. The molecule has 5 rings (SSSR count). The summed E-state index contributed by atoms with van der Waals surface area (Å²) in [5.41, 5.74) is 3.19. The first-order valence-corrected chi connectivity index (χ1v) is 12.8. The van der Waals surface area contributed by atoms with Crippen LogP contribution in [0.5, 0.6) is 0 Å². The quantitative estimate of drug-likeness (QED) is 0.404. The van der Waals surface area contributed by atoms with Crippen LogP contribution in [0.3, 0.4) is 0 Å². The molecule has 3 aromatic rings. The Kier molecular flexibility index (Phi) is 6.36. The first-order valence-electron chi connectivity index (χ1n) is 11.6. The van der Waals surface area contributed by atoms with Gasteiger partial charge in [-0.05, 0) is 62.5 Å². The number of halogens is 1. The Morgan fingerprint density at radius 3 is 2.66 bits per heavy atom. The van der Waals surface area contributed by atoms with Crippen LogP contribution in [-0.2, 0) is 5.41 Å². The fourth-order valence-electron chi connectivity index (χ4n) is 5.13. The Morgan fingerprint density at radius 2 is 1.81 bits per heavy atom. The number of unbranched alkanes of at least 4 members (excludes halogenated alkanes) is 2. The summed E-state index contributed by atoms with van der Waals surface area (Å²) < 4.78 is 1.06. The van der Waals surface area contributed by atoms with Gasteiger partial charge in [0.25, 0.3) is 5.91 Å². The number of carbonyl (C=O) groups excluding carboxylic acids is 1. The van der Waals surface area contributed by atoms with E-state index in [1.54, 1.807) is 0 Å². The summed E-state index contributed by atoms with van der Waals surface area (Å²) in [4.78, 5) is 15.8. The van der Waals surface area contributed by atoms with Gasteiger partial charge in [-0.25, -0.2) is 0 Å². The highest BCUT2D eigenvalue weighted by Gasteiger charge is 2.37. The van der Waals surface area contributed by atoms with Gasteiger partial charge in [0, 0.05) is 22.0 Å². The minimum atomic E-state index is -0.0533. The first kappa shape index (κ1) is 21.7. The maximum Gasteiger partial charge on any atom is 0.262 e. The van der Waals surface area contributed by atoms with Gasteiger partial charge >= 0.3 is 0 Å². The monoisotopic (exact) mass is 464 g/mol. The number of nitrogens with one attached hydrogen (secondary N) is 1. The SMILES string of the molecule is O=C(NCCCCCN1CCC2(C=Cc3ccccc32)CC1)c1sc2ccccc2c1Cl. The molecule has 2 aromatic carbocycles. The number of allylic oxidation sites excluding steroid dienone is 1. The van der Waals surface area contributed by atoms with E-state index in [4.69, 9.17) is 11.6 Å². The van der Waals surface area contributed by atoms with E-state index in [0.29, 0.717) is 16.4 Å². The van der Waals surface area contributed by atoms with Crippen LogP contribution in [0.15, 0.2) is 54.6 Å². The molecule has 1 amide bonds. The van der Waals surface area contributed by atoms with E-state index in [1.807, 2.05) is 24.3 Å². The smallest absolute Gasteiger partial charge is 0.262 e. The third kappa shape index (κ3) is 4.24. The number of thiophene rings is 1. The standard InChI is InChI=1S/C27H29ClN2OS/c28-24-21-9-3-5-11-23(21)32-25(24)26(31)29-16-6-1-7-17-30-18-14-27(15-19-30)13-12-20-8-2-4-10-22(20)27/h2-5,8-13H,1,6-7,14-19H2,(H,29,31). The number of piperidine rings is 1. The molecule has 2 heterocycles. The molecule has 1 aromatic heterocycles. The highest BCUT2D eigenvalue weighted by atomic mass is 35.5. The molecular formula is C27H29ClN2OS. The maximum absolute atomic E-state index is 12.5. The van der Waals surface area contributed by atoms with Gasteiger partial charge in [0.2, 0.25) is 0 Å². The van der Waals surface area contributed by atoms with Gasteiger partial charge in [0.1, 0.15) is 4.88 Å². The average Bonchev–Trinajstić information content (AvgIpc) is 3.36. The molecule has 0 atom stereocenters. The van der Waals surface area contributed by atoms with Crippen molar-refractivity contribution in [3.63, 3.8) is 0 Å². The molecule has 0 bridgehead atoms. The number of fused-ring (bicyclic) bond motifs is 3. The van der Waals surface area contributed by atoms with Gasteiger partial charge in [-0.2, -0.15) is 0 Å². The number of benzene rings is 2. The number of carbonyl (C=O) groups is 1. The third-order valence-corrected chi connectivity index (χ3v) is 8.68. The van der Waals surface area contributed by atoms with Gasteiger partial charge in [-0.3, -0.25) is 4.79 Å². The highest BCUT2D eigenvalue weighted by molar-refractivity contribution is 7.21. The van der Waals surface area contributed by atoms with Gasteiger partial charge in [0.15, 0.2) is 0 Å². The van der Waals surface area contributed by atoms with Crippen LogP contribution >= 0.6 is 22.9 Å². The molecule has 1 aliphatic heterocycles. The third-order valence-electron chi connectivity index (χ3n) is 7.01. The molecule has 3 nitrogen and oxygen atoms in total. The Labute approximate surface area is 199 Å². The lowest BCUT2D eigenvalue weighted by Gasteiger charge is -2.39. The van der Waals surface area contributed by atoms with Crippen molar-refractivity contribution < 1.29 is 4.79 Å². The second-order valence-electron chi connectivity index (χ2n) is 8.98. The lowest BCUT2D eigenvalue weighted by molar-refractivity contribution is 0.0957. The fourth-order valence-corrected chi connectivity index (χ4v) is 6.56. The Hall–Kier alpha value is -2.14. The molecule has 2 aliphatic rings. The zero-order valence-corrected chi connectivity index (χ0v) is 19.9. The second kappa shape index (κ2) is 9.38. The van der Waals surface area contributed by atoms with Gasteiger partial charge in [-0.1, -0.05) is 72.6 Å². The largest absolute Gasteiger partial charge is 0.351 e. The topological polar surface area (TPSA) is 32.3 Å². The van der Waals surface area contributed by atoms with Crippen molar-refractivity contribution in [3.05, 3.63) is 75.6 Å². The fraction of sp³-hybridized carbons (Fsp3) is 0.370. The van der Waals surface area contributed by atoms with Gasteiger partial charge in [0.05, 0.1) is 5.02 Å². The normalized spacial score (nSPS) is 17.2. The van der Waals surface area contributed by atoms with Crippen LogP contribution in [0.2, 0.25) is 5.02 Å². The van der Waals surface area contributed by atoms with Gasteiger partial charge in [-0.15, -0.1) is 11.3 Å². The van der Waals surface area contributed by atoms with E-state index < -0.39 is 0 Å².